The Bertz CT molecular complexity index is 490. The molecule has 20 heavy (non-hydrogen) atoms. The lowest BCUT2D eigenvalue weighted by Gasteiger charge is -2.41. The first-order chi connectivity index (χ1) is 9.51. The zero-order valence-corrected chi connectivity index (χ0v) is 12.2. The fourth-order valence-electron chi connectivity index (χ4n) is 2.93. The highest BCUT2D eigenvalue weighted by Gasteiger charge is 2.33. The molecule has 4 nitrogen and oxygen atoms in total. The van der Waals surface area contributed by atoms with Gasteiger partial charge in [-0.1, -0.05) is 26.7 Å². The molecular weight excluding hydrogens is 257 g/mol. The number of carbonyl (C=O) groups is 1. The zero-order valence-electron chi connectivity index (χ0n) is 12.2. The molecule has 1 aromatic heterocycles. The van der Waals surface area contributed by atoms with Crippen LogP contribution in [0.15, 0.2) is 12.3 Å². The molecule has 1 aliphatic rings. The Labute approximate surface area is 119 Å². The summed E-state index contributed by atoms with van der Waals surface area (Å²) < 4.78 is 13.2. The number of hydrogen-bond acceptors (Lipinski definition) is 3. The molecule has 1 aliphatic heterocycles. The Morgan fingerprint density at radius 1 is 1.40 bits per heavy atom. The maximum Gasteiger partial charge on any atom is 0.257 e. The number of likely N-dealkylation sites (tertiary alicyclic amines) is 1. The number of halogens is 1. The minimum absolute atomic E-state index is 0.0965. The van der Waals surface area contributed by atoms with Crippen LogP contribution in [0.1, 0.15) is 49.9 Å². The summed E-state index contributed by atoms with van der Waals surface area (Å²) in [7, 11) is 0. The van der Waals surface area contributed by atoms with E-state index in [1.165, 1.54) is 6.07 Å². The van der Waals surface area contributed by atoms with Crippen LogP contribution < -0.4 is 5.73 Å². The fraction of sp³-hybridized carbons (Fsp3) is 0.600. The van der Waals surface area contributed by atoms with Gasteiger partial charge < -0.3 is 10.6 Å². The van der Waals surface area contributed by atoms with Gasteiger partial charge in [0.1, 0.15) is 11.6 Å². The first-order valence-electron chi connectivity index (χ1n) is 7.21. The van der Waals surface area contributed by atoms with Crippen LogP contribution in [-0.4, -0.2) is 28.9 Å². The van der Waals surface area contributed by atoms with Crippen LogP contribution in [-0.2, 0) is 0 Å². The van der Waals surface area contributed by atoms with Gasteiger partial charge in [0.25, 0.3) is 5.91 Å². The minimum atomic E-state index is -0.531. The Balaban J connectivity index is 2.10. The third kappa shape index (κ3) is 2.76. The summed E-state index contributed by atoms with van der Waals surface area (Å²) >= 11 is 0. The number of nitrogens with two attached hydrogens (primary N) is 1. The monoisotopic (exact) mass is 279 g/mol. The van der Waals surface area contributed by atoms with Crippen molar-refractivity contribution in [2.75, 3.05) is 18.8 Å². The summed E-state index contributed by atoms with van der Waals surface area (Å²) in [6.45, 7) is 5.82. The van der Waals surface area contributed by atoms with Crippen LogP contribution in [0.3, 0.4) is 0 Å². The average Bonchev–Trinajstić information content (AvgIpc) is 2.49. The standard InChI is InChI=1S/C15H22FN3O/c1-3-15(4-2)5-7-19(8-6-15)14(20)12-9-11(16)10-18-13(12)17/h9-10H,3-8H2,1-2H3,(H2,17,18). The van der Waals surface area contributed by atoms with Gasteiger partial charge in [-0.2, -0.15) is 0 Å². The molecule has 0 bridgehead atoms. The van der Waals surface area contributed by atoms with Crippen LogP contribution >= 0.6 is 0 Å². The predicted octanol–water partition coefficient (Wildman–Crippen LogP) is 2.85. The van der Waals surface area contributed by atoms with Gasteiger partial charge >= 0.3 is 0 Å². The van der Waals surface area contributed by atoms with Crippen molar-refractivity contribution >= 4 is 11.7 Å². The number of nitrogens with zero attached hydrogens (tertiary/aromatic N) is 2. The Kier molecular flexibility index (Phi) is 4.26. The molecule has 1 aromatic rings. The lowest BCUT2D eigenvalue weighted by Crippen LogP contribution is -2.43. The highest BCUT2D eigenvalue weighted by molar-refractivity contribution is 5.98. The molecule has 1 amide bonds. The second kappa shape index (κ2) is 5.77. The SMILES string of the molecule is CCC1(CC)CCN(C(=O)c2cc(F)cnc2N)CC1. The summed E-state index contributed by atoms with van der Waals surface area (Å²) in [5, 5.41) is 0. The lowest BCUT2D eigenvalue weighted by molar-refractivity contribution is 0.0558. The van der Waals surface area contributed by atoms with E-state index in [9.17, 15) is 9.18 Å². The second-order valence-corrected chi connectivity index (χ2v) is 5.59. The molecule has 0 atom stereocenters. The Hall–Kier alpha value is -1.65. The highest BCUT2D eigenvalue weighted by atomic mass is 19.1. The molecule has 1 fully saturated rings. The molecule has 0 radical (unpaired) electrons. The number of amides is 1. The molecule has 2 rings (SSSR count). The lowest BCUT2D eigenvalue weighted by atomic mass is 9.74. The molecule has 2 N–H and O–H groups in total. The molecule has 0 aromatic carbocycles. The van der Waals surface area contributed by atoms with E-state index in [2.05, 4.69) is 18.8 Å². The largest absolute Gasteiger partial charge is 0.383 e. The summed E-state index contributed by atoms with van der Waals surface area (Å²) in [5.41, 5.74) is 6.20. The smallest absolute Gasteiger partial charge is 0.257 e. The van der Waals surface area contributed by atoms with Crippen molar-refractivity contribution in [2.45, 2.75) is 39.5 Å². The quantitative estimate of drug-likeness (QED) is 0.925. The highest BCUT2D eigenvalue weighted by Crippen LogP contribution is 2.38. The van der Waals surface area contributed by atoms with Crippen LogP contribution in [0.25, 0.3) is 0 Å². The van der Waals surface area contributed by atoms with E-state index in [0.29, 0.717) is 18.5 Å². The molecule has 0 spiro atoms. The molecule has 1 saturated heterocycles. The fourth-order valence-corrected chi connectivity index (χ4v) is 2.93. The van der Waals surface area contributed by atoms with Crippen molar-refractivity contribution in [3.8, 4) is 0 Å². The summed E-state index contributed by atoms with van der Waals surface area (Å²) in [6.07, 6.45) is 5.29. The first kappa shape index (κ1) is 14.8. The van der Waals surface area contributed by atoms with Gasteiger partial charge in [-0.15, -0.1) is 0 Å². The van der Waals surface area contributed by atoms with E-state index in [4.69, 9.17) is 5.73 Å². The zero-order chi connectivity index (χ0) is 14.8. The van der Waals surface area contributed by atoms with Gasteiger partial charge in [0.05, 0.1) is 11.8 Å². The van der Waals surface area contributed by atoms with Crippen molar-refractivity contribution in [3.63, 3.8) is 0 Å². The van der Waals surface area contributed by atoms with Crippen LogP contribution in [0.4, 0.5) is 10.2 Å². The maximum absolute atomic E-state index is 13.2. The van der Waals surface area contributed by atoms with Gasteiger partial charge in [0, 0.05) is 13.1 Å². The molecule has 0 unspecified atom stereocenters. The van der Waals surface area contributed by atoms with Crippen LogP contribution in [0, 0.1) is 11.2 Å². The van der Waals surface area contributed by atoms with E-state index in [-0.39, 0.29) is 17.3 Å². The molecule has 0 saturated carbocycles. The third-order valence-electron chi connectivity index (χ3n) is 4.73. The molecule has 5 heteroatoms. The van der Waals surface area contributed by atoms with E-state index < -0.39 is 5.82 Å². The number of carbonyl (C=O) groups excluding carboxylic acids is 1. The number of piperidine rings is 1. The summed E-state index contributed by atoms with van der Waals surface area (Å²) in [5.74, 6) is -0.648. The van der Waals surface area contributed by atoms with E-state index in [1.54, 1.807) is 4.90 Å². The summed E-state index contributed by atoms with van der Waals surface area (Å²) in [4.78, 5) is 17.9. The topological polar surface area (TPSA) is 59.2 Å². The van der Waals surface area contributed by atoms with Gasteiger partial charge in [-0.05, 0) is 24.3 Å². The van der Waals surface area contributed by atoms with Gasteiger partial charge in [0.2, 0.25) is 0 Å². The number of anilines is 1. The van der Waals surface area contributed by atoms with Crippen molar-refractivity contribution in [3.05, 3.63) is 23.6 Å². The van der Waals surface area contributed by atoms with E-state index in [1.807, 2.05) is 0 Å². The van der Waals surface area contributed by atoms with Crippen molar-refractivity contribution < 1.29 is 9.18 Å². The number of rotatable bonds is 3. The van der Waals surface area contributed by atoms with Crippen molar-refractivity contribution in [1.82, 2.24) is 9.88 Å². The molecular formula is C15H22FN3O. The Morgan fingerprint density at radius 2 is 2.00 bits per heavy atom. The average molecular weight is 279 g/mol. The van der Waals surface area contributed by atoms with E-state index >= 15 is 0 Å². The minimum Gasteiger partial charge on any atom is -0.383 e. The second-order valence-electron chi connectivity index (χ2n) is 5.59. The molecule has 110 valence electrons. The molecule has 2 heterocycles. The van der Waals surface area contributed by atoms with E-state index in [0.717, 1.165) is 31.9 Å². The number of aromatic nitrogens is 1. The number of hydrogen-bond donors (Lipinski definition) is 1. The number of pyridine rings is 1. The van der Waals surface area contributed by atoms with Crippen LogP contribution in [0.2, 0.25) is 0 Å². The Morgan fingerprint density at radius 3 is 2.55 bits per heavy atom. The first-order valence-corrected chi connectivity index (χ1v) is 7.21. The van der Waals surface area contributed by atoms with Crippen molar-refractivity contribution in [1.29, 1.82) is 0 Å². The van der Waals surface area contributed by atoms with Crippen molar-refractivity contribution in [2.24, 2.45) is 5.41 Å². The molecule has 0 aliphatic carbocycles. The van der Waals surface area contributed by atoms with Gasteiger partial charge in [0.15, 0.2) is 0 Å². The third-order valence-corrected chi connectivity index (χ3v) is 4.73. The van der Waals surface area contributed by atoms with Gasteiger partial charge in [-0.3, -0.25) is 4.79 Å². The van der Waals surface area contributed by atoms with Gasteiger partial charge in [-0.25, -0.2) is 9.37 Å². The number of nitrogen functional groups attached to an aromatic ring is 1. The van der Waals surface area contributed by atoms with Crippen LogP contribution in [0.5, 0.6) is 0 Å². The summed E-state index contributed by atoms with van der Waals surface area (Å²) in [6, 6.07) is 1.17. The maximum atomic E-state index is 13.2. The predicted molar refractivity (Wildman–Crippen MR) is 76.8 cm³/mol. The normalized spacial score (nSPS) is 18.1.